The summed E-state index contributed by atoms with van der Waals surface area (Å²) in [4.78, 5) is 13.0. The summed E-state index contributed by atoms with van der Waals surface area (Å²) in [6, 6.07) is 11.6. The summed E-state index contributed by atoms with van der Waals surface area (Å²) in [7, 11) is 0. The first-order chi connectivity index (χ1) is 12.5. The van der Waals surface area contributed by atoms with E-state index in [0.29, 0.717) is 39.1 Å². The minimum Gasteiger partial charge on any atom is -0.356 e. The van der Waals surface area contributed by atoms with Gasteiger partial charge in [-0.2, -0.15) is 0 Å². The minimum absolute atomic E-state index is 0.0884. The first-order valence-corrected chi connectivity index (χ1v) is 9.16. The first kappa shape index (κ1) is 17.3. The maximum Gasteiger partial charge on any atom is 0.257 e. The standard InChI is InChI=1S/C20H24F2N4/c1-16-5-4-6-17(24-16)13-25-11-9-20(21,22)19(14-25)8-12-26(15-19)18-7-2-3-10-23-18/h2-7,10H,8-9,11-15H2,1H3. The highest BCUT2D eigenvalue weighted by Gasteiger charge is 2.59. The van der Waals surface area contributed by atoms with E-state index in [4.69, 9.17) is 0 Å². The summed E-state index contributed by atoms with van der Waals surface area (Å²) in [5.74, 6) is -1.86. The number of anilines is 1. The van der Waals surface area contributed by atoms with Crippen LogP contribution in [0.2, 0.25) is 0 Å². The summed E-state index contributed by atoms with van der Waals surface area (Å²) in [6.07, 6.45) is 2.12. The van der Waals surface area contributed by atoms with E-state index < -0.39 is 11.3 Å². The van der Waals surface area contributed by atoms with Crippen LogP contribution in [-0.4, -0.2) is 47.0 Å². The van der Waals surface area contributed by atoms with Gasteiger partial charge in [0.05, 0.1) is 11.1 Å². The molecule has 0 radical (unpaired) electrons. The first-order valence-electron chi connectivity index (χ1n) is 9.16. The zero-order valence-electron chi connectivity index (χ0n) is 15.0. The molecular weight excluding hydrogens is 334 g/mol. The van der Waals surface area contributed by atoms with Crippen molar-refractivity contribution in [1.29, 1.82) is 0 Å². The quantitative estimate of drug-likeness (QED) is 0.840. The van der Waals surface area contributed by atoms with Gasteiger partial charge in [-0.1, -0.05) is 12.1 Å². The Balaban J connectivity index is 1.52. The molecule has 4 rings (SSSR count). The van der Waals surface area contributed by atoms with Crippen LogP contribution in [0.15, 0.2) is 42.6 Å². The smallest absolute Gasteiger partial charge is 0.257 e. The Bertz CT molecular complexity index is 767. The molecule has 0 aliphatic carbocycles. The van der Waals surface area contributed by atoms with E-state index in [0.717, 1.165) is 17.2 Å². The third-order valence-corrected chi connectivity index (χ3v) is 5.70. The Kier molecular flexibility index (Phi) is 4.39. The van der Waals surface area contributed by atoms with Crippen molar-refractivity contribution in [3.63, 3.8) is 0 Å². The second-order valence-electron chi connectivity index (χ2n) is 7.58. The molecule has 2 aliphatic rings. The van der Waals surface area contributed by atoms with E-state index in [1.165, 1.54) is 0 Å². The number of hydrogen-bond donors (Lipinski definition) is 0. The van der Waals surface area contributed by atoms with E-state index in [1.54, 1.807) is 6.20 Å². The van der Waals surface area contributed by atoms with Gasteiger partial charge in [0.1, 0.15) is 5.82 Å². The van der Waals surface area contributed by atoms with Crippen LogP contribution in [0.3, 0.4) is 0 Å². The molecule has 0 bridgehead atoms. The van der Waals surface area contributed by atoms with Gasteiger partial charge in [-0.15, -0.1) is 0 Å². The maximum absolute atomic E-state index is 14.9. The van der Waals surface area contributed by atoms with Crippen molar-refractivity contribution in [2.24, 2.45) is 5.41 Å². The van der Waals surface area contributed by atoms with Gasteiger partial charge >= 0.3 is 0 Å². The fourth-order valence-corrected chi connectivity index (χ4v) is 4.27. The summed E-state index contributed by atoms with van der Waals surface area (Å²) >= 11 is 0. The number of hydrogen-bond acceptors (Lipinski definition) is 4. The molecule has 0 saturated carbocycles. The van der Waals surface area contributed by atoms with Gasteiger partial charge < -0.3 is 4.90 Å². The molecule has 1 unspecified atom stereocenters. The predicted octanol–water partition coefficient (Wildman–Crippen LogP) is 3.52. The summed E-state index contributed by atoms with van der Waals surface area (Å²) in [5.41, 5.74) is 0.902. The lowest BCUT2D eigenvalue weighted by molar-refractivity contribution is -0.159. The molecule has 1 atom stereocenters. The Labute approximate surface area is 152 Å². The van der Waals surface area contributed by atoms with Crippen molar-refractivity contribution in [1.82, 2.24) is 14.9 Å². The molecule has 2 fully saturated rings. The highest BCUT2D eigenvalue weighted by atomic mass is 19.3. The Morgan fingerprint density at radius 1 is 1.04 bits per heavy atom. The molecule has 2 aromatic heterocycles. The van der Waals surface area contributed by atoms with Gasteiger partial charge in [-0.25, -0.2) is 13.8 Å². The average molecular weight is 358 g/mol. The lowest BCUT2D eigenvalue weighted by Crippen LogP contribution is -2.56. The lowest BCUT2D eigenvalue weighted by Gasteiger charge is -2.45. The van der Waals surface area contributed by atoms with E-state index in [-0.39, 0.29) is 6.42 Å². The number of rotatable bonds is 3. The number of piperidine rings is 1. The third kappa shape index (κ3) is 3.18. The highest BCUT2D eigenvalue weighted by molar-refractivity contribution is 5.40. The SMILES string of the molecule is Cc1cccc(CN2CCC(F)(F)C3(CCN(c4ccccn4)C3)C2)n1. The number of pyridine rings is 2. The molecule has 0 amide bonds. The number of alkyl halides is 2. The molecule has 4 heterocycles. The van der Waals surface area contributed by atoms with Crippen molar-refractivity contribution in [2.75, 3.05) is 31.1 Å². The average Bonchev–Trinajstić information content (AvgIpc) is 3.05. The van der Waals surface area contributed by atoms with Gasteiger partial charge in [0.2, 0.25) is 0 Å². The van der Waals surface area contributed by atoms with Crippen LogP contribution >= 0.6 is 0 Å². The van der Waals surface area contributed by atoms with Crippen molar-refractivity contribution >= 4 is 5.82 Å². The number of likely N-dealkylation sites (tertiary alicyclic amines) is 1. The van der Waals surface area contributed by atoms with Crippen molar-refractivity contribution in [3.8, 4) is 0 Å². The molecular formula is C20H24F2N4. The molecule has 26 heavy (non-hydrogen) atoms. The minimum atomic E-state index is -2.65. The van der Waals surface area contributed by atoms with Crippen LogP contribution < -0.4 is 4.90 Å². The van der Waals surface area contributed by atoms with Crippen molar-refractivity contribution in [3.05, 3.63) is 54.0 Å². The Morgan fingerprint density at radius 2 is 1.92 bits per heavy atom. The topological polar surface area (TPSA) is 32.3 Å². The van der Waals surface area contributed by atoms with Crippen LogP contribution in [0.25, 0.3) is 0 Å². The van der Waals surface area contributed by atoms with E-state index in [2.05, 4.69) is 14.9 Å². The maximum atomic E-state index is 14.9. The van der Waals surface area contributed by atoms with E-state index >= 15 is 0 Å². The third-order valence-electron chi connectivity index (χ3n) is 5.70. The zero-order valence-corrected chi connectivity index (χ0v) is 15.0. The lowest BCUT2D eigenvalue weighted by atomic mass is 9.75. The van der Waals surface area contributed by atoms with E-state index in [1.807, 2.05) is 48.2 Å². The molecule has 1 spiro atoms. The van der Waals surface area contributed by atoms with Gasteiger partial charge in [-0.05, 0) is 37.6 Å². The monoisotopic (exact) mass is 358 g/mol. The number of aromatic nitrogens is 2. The van der Waals surface area contributed by atoms with Crippen LogP contribution in [0, 0.1) is 12.3 Å². The van der Waals surface area contributed by atoms with Crippen LogP contribution in [0.5, 0.6) is 0 Å². The summed E-state index contributed by atoms with van der Waals surface area (Å²) in [6.45, 7) is 4.38. The van der Waals surface area contributed by atoms with Crippen molar-refractivity contribution in [2.45, 2.75) is 32.2 Å². The molecule has 6 heteroatoms. The van der Waals surface area contributed by atoms with Gasteiger partial charge in [0.25, 0.3) is 5.92 Å². The van der Waals surface area contributed by atoms with Gasteiger partial charge in [0, 0.05) is 51.0 Å². The van der Waals surface area contributed by atoms with Gasteiger partial charge in [0.15, 0.2) is 0 Å². The molecule has 4 nitrogen and oxygen atoms in total. The number of nitrogens with zero attached hydrogens (tertiary/aromatic N) is 4. The summed E-state index contributed by atoms with van der Waals surface area (Å²) in [5, 5.41) is 0. The van der Waals surface area contributed by atoms with Gasteiger partial charge in [-0.3, -0.25) is 9.88 Å². The second kappa shape index (κ2) is 6.58. The highest BCUT2D eigenvalue weighted by Crippen LogP contribution is 2.50. The molecule has 138 valence electrons. The Hall–Kier alpha value is -2.08. The fraction of sp³-hybridized carbons (Fsp3) is 0.500. The largest absolute Gasteiger partial charge is 0.356 e. The number of halogens is 2. The summed E-state index contributed by atoms with van der Waals surface area (Å²) < 4.78 is 29.9. The second-order valence-corrected chi connectivity index (χ2v) is 7.58. The molecule has 0 N–H and O–H groups in total. The zero-order chi connectivity index (χ0) is 18.2. The number of aryl methyl sites for hydroxylation is 1. The molecule has 2 aromatic rings. The van der Waals surface area contributed by atoms with Crippen LogP contribution in [0.4, 0.5) is 14.6 Å². The van der Waals surface area contributed by atoms with Crippen LogP contribution in [0.1, 0.15) is 24.2 Å². The van der Waals surface area contributed by atoms with Crippen molar-refractivity contribution < 1.29 is 8.78 Å². The fourth-order valence-electron chi connectivity index (χ4n) is 4.27. The predicted molar refractivity (Wildman–Crippen MR) is 97.3 cm³/mol. The normalized spacial score (nSPS) is 25.7. The van der Waals surface area contributed by atoms with E-state index in [9.17, 15) is 8.78 Å². The molecule has 0 aromatic carbocycles. The van der Waals surface area contributed by atoms with Crippen LogP contribution in [-0.2, 0) is 6.54 Å². The molecule has 2 saturated heterocycles. The molecule has 2 aliphatic heterocycles. The Morgan fingerprint density at radius 3 is 2.69 bits per heavy atom.